The van der Waals surface area contributed by atoms with Crippen molar-refractivity contribution < 1.29 is 4.79 Å². The van der Waals surface area contributed by atoms with E-state index in [9.17, 15) is 4.79 Å². The van der Waals surface area contributed by atoms with Crippen LogP contribution in [0.2, 0.25) is 0 Å². The van der Waals surface area contributed by atoms with Crippen molar-refractivity contribution in [3.63, 3.8) is 0 Å². The van der Waals surface area contributed by atoms with Crippen LogP contribution in [-0.4, -0.2) is 43.9 Å². The number of halogens is 1. The Balaban J connectivity index is 2.34. The van der Waals surface area contributed by atoms with Crippen molar-refractivity contribution in [2.24, 2.45) is 0 Å². The molecule has 1 aromatic rings. The van der Waals surface area contributed by atoms with Crippen LogP contribution in [-0.2, 0) is 0 Å². The molecule has 0 aliphatic carbocycles. The molecule has 4 heteroatoms. The van der Waals surface area contributed by atoms with Crippen molar-refractivity contribution >= 4 is 27.9 Å². The van der Waals surface area contributed by atoms with Gasteiger partial charge >= 0.3 is 0 Å². The minimum atomic E-state index is 0.422. The lowest BCUT2D eigenvalue weighted by molar-refractivity contribution is 0.112. The fourth-order valence-electron chi connectivity index (χ4n) is 2.60. The third-order valence-corrected chi connectivity index (χ3v) is 3.97. The summed E-state index contributed by atoms with van der Waals surface area (Å²) in [7, 11) is 2.15. The first-order valence-electron chi connectivity index (χ1n) is 6.31. The molecule has 1 atom stereocenters. The second-order valence-corrected chi connectivity index (χ2v) is 5.89. The van der Waals surface area contributed by atoms with E-state index >= 15 is 0 Å². The van der Waals surface area contributed by atoms with Gasteiger partial charge in [0.05, 0.1) is 0 Å². The van der Waals surface area contributed by atoms with Gasteiger partial charge in [-0.3, -0.25) is 4.79 Å². The van der Waals surface area contributed by atoms with Gasteiger partial charge in [0, 0.05) is 34.9 Å². The fraction of sp³-hybridized carbons (Fsp3) is 0.500. The molecule has 1 unspecified atom stereocenters. The Hall–Kier alpha value is -0.870. The fourth-order valence-corrected chi connectivity index (χ4v) is 2.94. The summed E-state index contributed by atoms with van der Waals surface area (Å²) in [4.78, 5) is 15.9. The Labute approximate surface area is 117 Å². The van der Waals surface area contributed by atoms with E-state index in [1.807, 2.05) is 18.2 Å². The SMILES string of the molecule is CC1CN(C)CCCN1c1cc(Br)ccc1C=O. The number of hydrogen-bond acceptors (Lipinski definition) is 3. The predicted molar refractivity (Wildman–Crippen MR) is 78.5 cm³/mol. The average Bonchev–Trinajstić information content (AvgIpc) is 2.50. The van der Waals surface area contributed by atoms with Gasteiger partial charge in [-0.15, -0.1) is 0 Å². The zero-order chi connectivity index (χ0) is 13.1. The molecule has 0 aromatic heterocycles. The normalized spacial score (nSPS) is 21.7. The Morgan fingerprint density at radius 3 is 2.89 bits per heavy atom. The van der Waals surface area contributed by atoms with Crippen molar-refractivity contribution in [2.45, 2.75) is 19.4 Å². The third kappa shape index (κ3) is 2.93. The minimum absolute atomic E-state index is 0.422. The number of carbonyl (C=O) groups is 1. The van der Waals surface area contributed by atoms with Gasteiger partial charge in [-0.1, -0.05) is 15.9 Å². The lowest BCUT2D eigenvalue weighted by atomic mass is 10.1. The van der Waals surface area contributed by atoms with E-state index in [0.29, 0.717) is 6.04 Å². The second kappa shape index (κ2) is 5.85. The second-order valence-electron chi connectivity index (χ2n) is 4.98. The standard InChI is InChI=1S/C14H19BrN2O/c1-11-9-16(2)6-3-7-17(11)14-8-13(15)5-4-12(14)10-18/h4-5,8,10-11H,3,6-7,9H2,1-2H3. The summed E-state index contributed by atoms with van der Waals surface area (Å²) < 4.78 is 1.02. The number of benzene rings is 1. The molecule has 98 valence electrons. The van der Waals surface area contributed by atoms with E-state index in [1.54, 1.807) is 0 Å². The molecule has 1 aromatic carbocycles. The quantitative estimate of drug-likeness (QED) is 0.785. The van der Waals surface area contributed by atoms with Crippen molar-refractivity contribution in [2.75, 3.05) is 31.6 Å². The van der Waals surface area contributed by atoms with E-state index in [-0.39, 0.29) is 0 Å². The van der Waals surface area contributed by atoms with Gasteiger partial charge in [0.1, 0.15) is 0 Å². The van der Waals surface area contributed by atoms with Gasteiger partial charge in [0.15, 0.2) is 6.29 Å². The van der Waals surface area contributed by atoms with E-state index in [1.165, 1.54) is 0 Å². The van der Waals surface area contributed by atoms with Crippen LogP contribution in [0, 0.1) is 0 Å². The Kier molecular flexibility index (Phi) is 4.40. The highest BCUT2D eigenvalue weighted by molar-refractivity contribution is 9.10. The number of likely N-dealkylation sites (N-methyl/N-ethyl adjacent to an activating group) is 1. The van der Waals surface area contributed by atoms with Crippen LogP contribution in [0.1, 0.15) is 23.7 Å². The van der Waals surface area contributed by atoms with Crippen LogP contribution in [0.3, 0.4) is 0 Å². The number of anilines is 1. The number of rotatable bonds is 2. The summed E-state index contributed by atoms with van der Waals surface area (Å²) in [5, 5.41) is 0. The first-order valence-corrected chi connectivity index (χ1v) is 7.11. The largest absolute Gasteiger partial charge is 0.367 e. The molecule has 18 heavy (non-hydrogen) atoms. The van der Waals surface area contributed by atoms with Gasteiger partial charge in [-0.2, -0.15) is 0 Å². The molecule has 1 saturated heterocycles. The molecule has 0 bridgehead atoms. The van der Waals surface area contributed by atoms with E-state index in [4.69, 9.17) is 0 Å². The van der Waals surface area contributed by atoms with Gasteiger partial charge in [-0.25, -0.2) is 0 Å². The zero-order valence-electron chi connectivity index (χ0n) is 10.9. The summed E-state index contributed by atoms with van der Waals surface area (Å²) in [5.41, 5.74) is 1.82. The maximum Gasteiger partial charge on any atom is 0.152 e. The highest BCUT2D eigenvalue weighted by Gasteiger charge is 2.21. The zero-order valence-corrected chi connectivity index (χ0v) is 12.5. The Bertz CT molecular complexity index is 436. The molecule has 2 rings (SSSR count). The topological polar surface area (TPSA) is 23.6 Å². The predicted octanol–water partition coefficient (Wildman–Crippen LogP) is 2.79. The maximum absolute atomic E-state index is 11.2. The summed E-state index contributed by atoms with van der Waals surface area (Å²) in [6.07, 6.45) is 2.08. The van der Waals surface area contributed by atoms with Crippen LogP contribution in [0.15, 0.2) is 22.7 Å². The van der Waals surface area contributed by atoms with Gasteiger partial charge in [0.25, 0.3) is 0 Å². The van der Waals surface area contributed by atoms with E-state index < -0.39 is 0 Å². The first-order chi connectivity index (χ1) is 8.61. The van der Waals surface area contributed by atoms with Crippen molar-refractivity contribution in [3.8, 4) is 0 Å². The Morgan fingerprint density at radius 2 is 2.17 bits per heavy atom. The molecule has 0 N–H and O–H groups in total. The summed E-state index contributed by atoms with van der Waals surface area (Å²) in [6.45, 7) is 5.37. The van der Waals surface area contributed by atoms with Crippen LogP contribution < -0.4 is 4.90 Å². The first kappa shape index (κ1) is 13.6. The van der Waals surface area contributed by atoms with E-state index in [0.717, 1.165) is 48.1 Å². The maximum atomic E-state index is 11.2. The molecular formula is C14H19BrN2O. The van der Waals surface area contributed by atoms with Crippen LogP contribution in [0.4, 0.5) is 5.69 Å². The lowest BCUT2D eigenvalue weighted by Gasteiger charge is -2.31. The number of hydrogen-bond donors (Lipinski definition) is 0. The summed E-state index contributed by atoms with van der Waals surface area (Å²) >= 11 is 3.49. The molecule has 3 nitrogen and oxygen atoms in total. The minimum Gasteiger partial charge on any atom is -0.367 e. The van der Waals surface area contributed by atoms with Crippen molar-refractivity contribution in [1.82, 2.24) is 4.90 Å². The molecule has 1 aliphatic rings. The van der Waals surface area contributed by atoms with Crippen molar-refractivity contribution in [3.05, 3.63) is 28.2 Å². The smallest absolute Gasteiger partial charge is 0.152 e. The molecular weight excluding hydrogens is 292 g/mol. The molecule has 0 radical (unpaired) electrons. The van der Waals surface area contributed by atoms with Gasteiger partial charge in [0.2, 0.25) is 0 Å². The Morgan fingerprint density at radius 1 is 1.39 bits per heavy atom. The van der Waals surface area contributed by atoms with Crippen molar-refractivity contribution in [1.29, 1.82) is 0 Å². The highest BCUT2D eigenvalue weighted by Crippen LogP contribution is 2.27. The van der Waals surface area contributed by atoms with Gasteiger partial charge < -0.3 is 9.80 Å². The lowest BCUT2D eigenvalue weighted by Crippen LogP contribution is -2.38. The molecule has 0 saturated carbocycles. The van der Waals surface area contributed by atoms with Gasteiger partial charge in [-0.05, 0) is 45.1 Å². The van der Waals surface area contributed by atoms with E-state index in [2.05, 4.69) is 39.7 Å². The molecule has 0 spiro atoms. The summed E-state index contributed by atoms with van der Waals surface area (Å²) in [6, 6.07) is 6.27. The molecule has 0 amide bonds. The monoisotopic (exact) mass is 310 g/mol. The average molecular weight is 311 g/mol. The number of aldehydes is 1. The molecule has 1 aliphatic heterocycles. The number of nitrogens with zero attached hydrogens (tertiary/aromatic N) is 2. The van der Waals surface area contributed by atoms with Crippen LogP contribution in [0.5, 0.6) is 0 Å². The van der Waals surface area contributed by atoms with Crippen LogP contribution >= 0.6 is 15.9 Å². The number of carbonyl (C=O) groups excluding carboxylic acids is 1. The highest BCUT2D eigenvalue weighted by atomic mass is 79.9. The van der Waals surface area contributed by atoms with Crippen LogP contribution in [0.25, 0.3) is 0 Å². The third-order valence-electron chi connectivity index (χ3n) is 3.48. The molecule has 1 heterocycles. The molecule has 1 fully saturated rings. The summed E-state index contributed by atoms with van der Waals surface area (Å²) in [5.74, 6) is 0.